The Morgan fingerprint density at radius 2 is 2.04 bits per heavy atom. The lowest BCUT2D eigenvalue weighted by Gasteiger charge is -2.21. The summed E-state index contributed by atoms with van der Waals surface area (Å²) >= 11 is 0. The molecule has 2 N–H and O–H groups in total. The molecule has 2 aromatic rings. The first kappa shape index (κ1) is 18.6. The highest BCUT2D eigenvalue weighted by Gasteiger charge is 2.45. The fourth-order valence-corrected chi connectivity index (χ4v) is 3.39. The number of nitrogens with one attached hydrogen (secondary N) is 1. The average Bonchev–Trinajstić information content (AvgIpc) is 3.43. The van der Waals surface area contributed by atoms with E-state index in [1.165, 1.54) is 4.90 Å². The van der Waals surface area contributed by atoms with Crippen molar-refractivity contribution in [3.05, 3.63) is 42.4 Å². The number of likely N-dealkylation sites (tertiary alicyclic amines) is 1. The number of aliphatic hydroxyl groups is 1. The number of β-amino-alcohol motifs (C(OH)–C–C–N with tert-alkyl or cyclic N) is 1. The van der Waals surface area contributed by atoms with E-state index in [0.29, 0.717) is 5.76 Å². The number of rotatable bonds is 4. The van der Waals surface area contributed by atoms with Crippen molar-refractivity contribution in [3.63, 3.8) is 0 Å². The highest BCUT2D eigenvalue weighted by atomic mass is 19.1. The molecule has 2 fully saturated rings. The highest BCUT2D eigenvalue weighted by molar-refractivity contribution is 5.92. The number of carbonyl (C=O) groups is 2. The van der Waals surface area contributed by atoms with Gasteiger partial charge in [-0.25, -0.2) is 4.39 Å². The molecular weight excluding hydrogens is 369 g/mol. The lowest BCUT2D eigenvalue weighted by Crippen LogP contribution is -2.51. The molecule has 0 aromatic carbocycles. The monoisotopic (exact) mass is 389 g/mol. The summed E-state index contributed by atoms with van der Waals surface area (Å²) in [7, 11) is 0. The van der Waals surface area contributed by atoms with Gasteiger partial charge in [0.05, 0.1) is 25.4 Å². The van der Waals surface area contributed by atoms with Crippen molar-refractivity contribution in [2.45, 2.75) is 24.2 Å². The first-order valence-corrected chi connectivity index (χ1v) is 9.01. The van der Waals surface area contributed by atoms with E-state index in [2.05, 4.69) is 10.3 Å². The highest BCUT2D eigenvalue weighted by Crippen LogP contribution is 2.26. The number of hydrogen-bond donors (Lipinski definition) is 2. The minimum atomic E-state index is -2.09. The minimum absolute atomic E-state index is 0.0187. The molecule has 2 aromatic heterocycles. The van der Waals surface area contributed by atoms with Gasteiger partial charge in [0.15, 0.2) is 5.76 Å². The smallest absolute Gasteiger partial charge is 0.289 e. The van der Waals surface area contributed by atoms with Crippen LogP contribution in [0.15, 0.2) is 41.1 Å². The Morgan fingerprint density at radius 1 is 1.25 bits per heavy atom. The van der Waals surface area contributed by atoms with Crippen LogP contribution < -0.4 is 5.32 Å². The Kier molecular flexibility index (Phi) is 4.86. The third-order valence-electron chi connectivity index (χ3n) is 5.05. The summed E-state index contributed by atoms with van der Waals surface area (Å²) in [6, 6.07) is 6.01. The third kappa shape index (κ3) is 3.50. The van der Waals surface area contributed by atoms with Crippen molar-refractivity contribution in [1.29, 1.82) is 0 Å². The quantitative estimate of drug-likeness (QED) is 0.801. The number of aliphatic hydroxyl groups excluding tert-OH is 1. The van der Waals surface area contributed by atoms with Crippen LogP contribution in [0.2, 0.25) is 0 Å². The molecule has 2 aliphatic rings. The van der Waals surface area contributed by atoms with Gasteiger partial charge in [0.1, 0.15) is 5.76 Å². The van der Waals surface area contributed by atoms with E-state index in [1.807, 2.05) is 0 Å². The lowest BCUT2D eigenvalue weighted by atomic mass is 10.0. The summed E-state index contributed by atoms with van der Waals surface area (Å²) in [5.74, 6) is -0.579. The summed E-state index contributed by atoms with van der Waals surface area (Å²) in [5.41, 5.74) is -1.30. The first-order valence-electron chi connectivity index (χ1n) is 9.01. The number of nitrogens with zero attached hydrogens (tertiary/aromatic N) is 2. The van der Waals surface area contributed by atoms with Gasteiger partial charge in [-0.3, -0.25) is 14.6 Å². The van der Waals surface area contributed by atoms with Gasteiger partial charge in [-0.2, -0.15) is 0 Å². The number of furan rings is 1. The second-order valence-corrected chi connectivity index (χ2v) is 7.03. The van der Waals surface area contributed by atoms with E-state index < -0.39 is 29.6 Å². The Labute approximate surface area is 160 Å². The molecule has 0 aliphatic carbocycles. The van der Waals surface area contributed by atoms with Crippen LogP contribution in [0.4, 0.5) is 4.39 Å². The number of carbonyl (C=O) groups excluding carboxylic acids is 2. The predicted octanol–water partition coefficient (Wildman–Crippen LogP) is 0.772. The Bertz CT molecular complexity index is 865. The molecule has 4 heterocycles. The average molecular weight is 389 g/mol. The normalized spacial score (nSPS) is 27.1. The van der Waals surface area contributed by atoms with Gasteiger partial charge in [0.25, 0.3) is 11.8 Å². The number of alkyl halides is 1. The van der Waals surface area contributed by atoms with Crippen LogP contribution in [0.25, 0.3) is 11.3 Å². The number of amides is 2. The van der Waals surface area contributed by atoms with Crippen LogP contribution in [-0.4, -0.2) is 70.9 Å². The number of aromatic nitrogens is 1. The van der Waals surface area contributed by atoms with E-state index >= 15 is 0 Å². The third-order valence-corrected chi connectivity index (χ3v) is 5.05. The van der Waals surface area contributed by atoms with Crippen molar-refractivity contribution >= 4 is 11.8 Å². The van der Waals surface area contributed by atoms with Gasteiger partial charge in [0, 0.05) is 37.5 Å². The Morgan fingerprint density at radius 3 is 2.75 bits per heavy atom. The molecule has 0 spiro atoms. The molecule has 0 radical (unpaired) electrons. The molecule has 9 heteroatoms. The summed E-state index contributed by atoms with van der Waals surface area (Å²) in [6.07, 6.45) is 2.23. The van der Waals surface area contributed by atoms with E-state index in [9.17, 15) is 19.1 Å². The number of hydrogen-bond acceptors (Lipinski definition) is 6. The molecule has 2 saturated heterocycles. The lowest BCUT2D eigenvalue weighted by molar-refractivity contribution is -0.134. The molecule has 148 valence electrons. The SMILES string of the molecule is O=C(c1ccc(-c2ccncc2)o1)N1C[C@@H](O)[C@H](NC(=O)C2(F)CCOC2)C1. The largest absolute Gasteiger partial charge is 0.451 e. The van der Waals surface area contributed by atoms with Gasteiger partial charge in [-0.05, 0) is 24.3 Å². The molecule has 8 nitrogen and oxygen atoms in total. The van der Waals surface area contributed by atoms with Crippen LogP contribution in [0.5, 0.6) is 0 Å². The van der Waals surface area contributed by atoms with E-state index in [-0.39, 0.29) is 38.5 Å². The van der Waals surface area contributed by atoms with Gasteiger partial charge in [-0.1, -0.05) is 0 Å². The standard InChI is InChI=1S/C19H20FN3O5/c20-19(5-8-27-11-19)18(26)22-13-9-23(10-14(13)24)17(25)16-2-1-15(28-16)12-3-6-21-7-4-12/h1-4,6-7,13-14,24H,5,8-11H2,(H,22,26)/t13-,14-,19?/m1/s1. The van der Waals surface area contributed by atoms with Gasteiger partial charge in [-0.15, -0.1) is 0 Å². The molecule has 0 bridgehead atoms. The fraction of sp³-hybridized carbons (Fsp3) is 0.421. The zero-order valence-corrected chi connectivity index (χ0v) is 15.0. The minimum Gasteiger partial charge on any atom is -0.451 e. The summed E-state index contributed by atoms with van der Waals surface area (Å²) in [5, 5.41) is 12.7. The molecule has 28 heavy (non-hydrogen) atoms. The number of halogens is 1. The molecule has 2 amide bonds. The maximum absolute atomic E-state index is 14.5. The molecule has 3 atom stereocenters. The molecule has 1 unspecified atom stereocenters. The summed E-state index contributed by atoms with van der Waals surface area (Å²) < 4.78 is 25.0. The summed E-state index contributed by atoms with van der Waals surface area (Å²) in [4.78, 5) is 30.2. The fourth-order valence-electron chi connectivity index (χ4n) is 3.39. The van der Waals surface area contributed by atoms with Gasteiger partial charge < -0.3 is 24.5 Å². The number of ether oxygens (including phenoxy) is 1. The molecular formula is C19H20FN3O5. The van der Waals surface area contributed by atoms with Crippen LogP contribution in [-0.2, 0) is 9.53 Å². The van der Waals surface area contributed by atoms with Crippen LogP contribution in [0.1, 0.15) is 17.0 Å². The van der Waals surface area contributed by atoms with Crippen molar-refractivity contribution in [2.75, 3.05) is 26.3 Å². The van der Waals surface area contributed by atoms with Crippen LogP contribution in [0, 0.1) is 0 Å². The Balaban J connectivity index is 1.41. The second-order valence-electron chi connectivity index (χ2n) is 7.03. The zero-order valence-electron chi connectivity index (χ0n) is 15.0. The van der Waals surface area contributed by atoms with Crippen molar-refractivity contribution in [3.8, 4) is 11.3 Å². The van der Waals surface area contributed by atoms with E-state index in [1.54, 1.807) is 36.7 Å². The van der Waals surface area contributed by atoms with Gasteiger partial charge in [0.2, 0.25) is 5.67 Å². The second kappa shape index (κ2) is 7.33. The zero-order chi connectivity index (χ0) is 19.7. The maximum Gasteiger partial charge on any atom is 0.289 e. The van der Waals surface area contributed by atoms with Crippen molar-refractivity contribution in [2.24, 2.45) is 0 Å². The molecule has 0 saturated carbocycles. The van der Waals surface area contributed by atoms with Crippen LogP contribution >= 0.6 is 0 Å². The topological polar surface area (TPSA) is 105 Å². The van der Waals surface area contributed by atoms with Crippen molar-refractivity contribution < 1.29 is 28.2 Å². The van der Waals surface area contributed by atoms with Gasteiger partial charge >= 0.3 is 0 Å². The molecule has 4 rings (SSSR count). The molecule has 2 aliphatic heterocycles. The van der Waals surface area contributed by atoms with Crippen LogP contribution in [0.3, 0.4) is 0 Å². The first-order chi connectivity index (χ1) is 13.5. The van der Waals surface area contributed by atoms with Crippen molar-refractivity contribution in [1.82, 2.24) is 15.2 Å². The maximum atomic E-state index is 14.5. The predicted molar refractivity (Wildman–Crippen MR) is 95.1 cm³/mol. The summed E-state index contributed by atoms with van der Waals surface area (Å²) in [6.45, 7) is -0.0344. The van der Waals surface area contributed by atoms with E-state index in [4.69, 9.17) is 9.15 Å². The van der Waals surface area contributed by atoms with E-state index in [0.717, 1.165) is 5.56 Å². The Hall–Kier alpha value is -2.78. The number of pyridine rings is 1.